The van der Waals surface area contributed by atoms with Gasteiger partial charge >= 0.3 is 0 Å². The standard InChI is InChI=1S/C14H17N3O/c1-10(11-5-6-11)14(18)16-9-13-15-8-12-4-2-3-7-17(12)13/h2-4,7-8,10-11H,5-6,9H2,1H3,(H,16,18). The minimum Gasteiger partial charge on any atom is -0.349 e. The first kappa shape index (κ1) is 11.3. The van der Waals surface area contributed by atoms with Crippen LogP contribution in [0.15, 0.2) is 30.6 Å². The first-order valence-electron chi connectivity index (χ1n) is 6.44. The molecular formula is C14H17N3O. The molecule has 0 aliphatic heterocycles. The Bertz CT molecular complexity index is 571. The minimum atomic E-state index is 0.135. The number of carbonyl (C=O) groups is 1. The summed E-state index contributed by atoms with van der Waals surface area (Å²) in [6.07, 6.45) is 6.18. The van der Waals surface area contributed by atoms with E-state index in [1.54, 1.807) is 0 Å². The minimum absolute atomic E-state index is 0.135. The van der Waals surface area contributed by atoms with Gasteiger partial charge in [-0.25, -0.2) is 4.98 Å². The van der Waals surface area contributed by atoms with Crippen LogP contribution < -0.4 is 5.32 Å². The van der Waals surface area contributed by atoms with E-state index >= 15 is 0 Å². The molecule has 2 heterocycles. The molecule has 0 saturated heterocycles. The second-order valence-electron chi connectivity index (χ2n) is 5.01. The van der Waals surface area contributed by atoms with E-state index in [0.717, 1.165) is 11.3 Å². The summed E-state index contributed by atoms with van der Waals surface area (Å²) in [6, 6.07) is 5.95. The number of rotatable bonds is 4. The van der Waals surface area contributed by atoms with E-state index in [1.165, 1.54) is 12.8 Å². The molecule has 4 heteroatoms. The molecule has 1 aliphatic rings. The van der Waals surface area contributed by atoms with Gasteiger partial charge in [0.15, 0.2) is 0 Å². The highest BCUT2D eigenvalue weighted by atomic mass is 16.1. The summed E-state index contributed by atoms with van der Waals surface area (Å²) in [6.45, 7) is 2.50. The van der Waals surface area contributed by atoms with E-state index in [4.69, 9.17) is 0 Å². The maximum Gasteiger partial charge on any atom is 0.223 e. The average molecular weight is 243 g/mol. The molecule has 2 aromatic rings. The number of fused-ring (bicyclic) bond motifs is 1. The van der Waals surface area contributed by atoms with Crippen molar-refractivity contribution in [2.45, 2.75) is 26.3 Å². The van der Waals surface area contributed by atoms with Crippen molar-refractivity contribution in [2.24, 2.45) is 11.8 Å². The average Bonchev–Trinajstić information content (AvgIpc) is 3.16. The first-order chi connectivity index (χ1) is 8.75. The smallest absolute Gasteiger partial charge is 0.223 e. The Hall–Kier alpha value is -1.84. The molecular weight excluding hydrogens is 226 g/mol. The van der Waals surface area contributed by atoms with Crippen LogP contribution in [0.2, 0.25) is 0 Å². The van der Waals surface area contributed by atoms with Crippen LogP contribution in [0.1, 0.15) is 25.6 Å². The molecule has 1 atom stereocenters. The molecule has 1 fully saturated rings. The zero-order valence-corrected chi connectivity index (χ0v) is 10.5. The van der Waals surface area contributed by atoms with Crippen LogP contribution in [0.4, 0.5) is 0 Å². The third-order valence-electron chi connectivity index (χ3n) is 3.68. The van der Waals surface area contributed by atoms with Crippen molar-refractivity contribution in [3.63, 3.8) is 0 Å². The number of hydrogen-bond donors (Lipinski definition) is 1. The summed E-state index contributed by atoms with van der Waals surface area (Å²) in [5.41, 5.74) is 1.05. The van der Waals surface area contributed by atoms with Crippen LogP contribution in [0.25, 0.3) is 5.52 Å². The van der Waals surface area contributed by atoms with E-state index < -0.39 is 0 Å². The number of nitrogens with zero attached hydrogens (tertiary/aromatic N) is 2. The van der Waals surface area contributed by atoms with Crippen molar-refractivity contribution in [2.75, 3.05) is 0 Å². The Kier molecular flexibility index (Phi) is 2.78. The number of imidazole rings is 1. The van der Waals surface area contributed by atoms with Crippen LogP contribution in [0.5, 0.6) is 0 Å². The summed E-state index contributed by atoms with van der Waals surface area (Å²) in [7, 11) is 0. The highest BCUT2D eigenvalue weighted by molar-refractivity contribution is 5.78. The third kappa shape index (κ3) is 2.10. The molecule has 1 saturated carbocycles. The number of amides is 1. The number of nitrogens with one attached hydrogen (secondary N) is 1. The second-order valence-corrected chi connectivity index (χ2v) is 5.01. The van der Waals surface area contributed by atoms with Crippen LogP contribution in [-0.2, 0) is 11.3 Å². The second kappa shape index (κ2) is 4.44. The van der Waals surface area contributed by atoms with E-state index in [1.807, 2.05) is 41.9 Å². The van der Waals surface area contributed by atoms with Gasteiger partial charge in [0.1, 0.15) is 5.82 Å². The van der Waals surface area contributed by atoms with Gasteiger partial charge in [-0.3, -0.25) is 4.79 Å². The fourth-order valence-corrected chi connectivity index (χ4v) is 2.27. The molecule has 3 rings (SSSR count). The largest absolute Gasteiger partial charge is 0.349 e. The monoisotopic (exact) mass is 243 g/mol. The summed E-state index contributed by atoms with van der Waals surface area (Å²) in [5, 5.41) is 2.98. The molecule has 1 unspecified atom stereocenters. The lowest BCUT2D eigenvalue weighted by atomic mass is 10.1. The highest BCUT2D eigenvalue weighted by Gasteiger charge is 2.32. The number of aromatic nitrogens is 2. The lowest BCUT2D eigenvalue weighted by Gasteiger charge is -2.10. The predicted octanol–water partition coefficient (Wildman–Crippen LogP) is 2.00. The van der Waals surface area contributed by atoms with Crippen LogP contribution in [0.3, 0.4) is 0 Å². The zero-order valence-electron chi connectivity index (χ0n) is 10.5. The maximum atomic E-state index is 11.9. The molecule has 94 valence electrons. The van der Waals surface area contributed by atoms with Gasteiger partial charge in [0.05, 0.1) is 18.3 Å². The van der Waals surface area contributed by atoms with Crippen LogP contribution in [-0.4, -0.2) is 15.3 Å². The Labute approximate surface area is 106 Å². The van der Waals surface area contributed by atoms with Crippen molar-refractivity contribution in [1.82, 2.24) is 14.7 Å². The van der Waals surface area contributed by atoms with E-state index in [9.17, 15) is 4.79 Å². The number of pyridine rings is 1. The fourth-order valence-electron chi connectivity index (χ4n) is 2.27. The van der Waals surface area contributed by atoms with Crippen LogP contribution >= 0.6 is 0 Å². The van der Waals surface area contributed by atoms with E-state index in [2.05, 4.69) is 10.3 Å². The predicted molar refractivity (Wildman–Crippen MR) is 68.9 cm³/mol. The Morgan fingerprint density at radius 1 is 1.56 bits per heavy atom. The number of hydrogen-bond acceptors (Lipinski definition) is 2. The highest BCUT2D eigenvalue weighted by Crippen LogP contribution is 2.36. The Morgan fingerprint density at radius 3 is 3.17 bits per heavy atom. The molecule has 1 aliphatic carbocycles. The summed E-state index contributed by atoms with van der Waals surface area (Å²) in [4.78, 5) is 16.2. The molecule has 0 radical (unpaired) electrons. The topological polar surface area (TPSA) is 46.4 Å². The lowest BCUT2D eigenvalue weighted by Crippen LogP contribution is -2.30. The Balaban J connectivity index is 1.67. The van der Waals surface area contributed by atoms with Crippen molar-refractivity contribution in [1.29, 1.82) is 0 Å². The molecule has 0 spiro atoms. The van der Waals surface area contributed by atoms with Crippen molar-refractivity contribution < 1.29 is 4.79 Å². The third-order valence-corrected chi connectivity index (χ3v) is 3.68. The quantitative estimate of drug-likeness (QED) is 0.892. The van der Waals surface area contributed by atoms with Gasteiger partial charge in [0.25, 0.3) is 0 Å². The van der Waals surface area contributed by atoms with Gasteiger partial charge in [-0.05, 0) is 30.9 Å². The summed E-state index contributed by atoms with van der Waals surface area (Å²) < 4.78 is 2.00. The first-order valence-corrected chi connectivity index (χ1v) is 6.44. The van der Waals surface area contributed by atoms with Gasteiger partial charge in [-0.15, -0.1) is 0 Å². The van der Waals surface area contributed by atoms with Crippen molar-refractivity contribution in [3.05, 3.63) is 36.4 Å². The molecule has 2 aromatic heterocycles. The SMILES string of the molecule is CC(C(=O)NCc1ncc2ccccn12)C1CC1. The molecule has 4 nitrogen and oxygen atoms in total. The molecule has 0 bridgehead atoms. The van der Waals surface area contributed by atoms with Crippen molar-refractivity contribution in [3.8, 4) is 0 Å². The zero-order chi connectivity index (χ0) is 12.5. The summed E-state index contributed by atoms with van der Waals surface area (Å²) >= 11 is 0. The van der Waals surface area contributed by atoms with Gasteiger partial charge in [-0.2, -0.15) is 0 Å². The van der Waals surface area contributed by atoms with E-state index in [-0.39, 0.29) is 11.8 Å². The van der Waals surface area contributed by atoms with Gasteiger partial charge < -0.3 is 9.72 Å². The fraction of sp³-hybridized carbons (Fsp3) is 0.429. The van der Waals surface area contributed by atoms with Crippen molar-refractivity contribution >= 4 is 11.4 Å². The molecule has 1 N–H and O–H groups in total. The lowest BCUT2D eigenvalue weighted by molar-refractivity contribution is -0.125. The van der Waals surface area contributed by atoms with Gasteiger partial charge in [-0.1, -0.05) is 13.0 Å². The maximum absolute atomic E-state index is 11.9. The summed E-state index contributed by atoms with van der Waals surface area (Å²) in [5.74, 6) is 1.75. The number of carbonyl (C=O) groups excluding carboxylic acids is 1. The molecule has 18 heavy (non-hydrogen) atoms. The molecule has 1 amide bonds. The molecule has 0 aromatic carbocycles. The van der Waals surface area contributed by atoms with Gasteiger partial charge in [0.2, 0.25) is 5.91 Å². The van der Waals surface area contributed by atoms with E-state index in [0.29, 0.717) is 12.5 Å². The van der Waals surface area contributed by atoms with Crippen LogP contribution in [0, 0.1) is 11.8 Å². The van der Waals surface area contributed by atoms with Gasteiger partial charge in [0, 0.05) is 12.1 Å². The normalized spacial score (nSPS) is 16.7. The Morgan fingerprint density at radius 2 is 2.39 bits per heavy atom.